The summed E-state index contributed by atoms with van der Waals surface area (Å²) in [6.07, 6.45) is 0.381. The first-order valence-electron chi connectivity index (χ1n) is 8.58. The molecule has 6 nitrogen and oxygen atoms in total. The van der Waals surface area contributed by atoms with E-state index in [0.29, 0.717) is 41.6 Å². The highest BCUT2D eigenvalue weighted by atomic mass is 35.5. The highest BCUT2D eigenvalue weighted by Crippen LogP contribution is 2.29. The molecule has 1 saturated heterocycles. The van der Waals surface area contributed by atoms with Crippen molar-refractivity contribution in [2.24, 2.45) is 5.92 Å². The van der Waals surface area contributed by atoms with E-state index in [1.807, 2.05) is 12.1 Å². The quantitative estimate of drug-likeness (QED) is 0.825. The van der Waals surface area contributed by atoms with Crippen molar-refractivity contribution in [3.05, 3.63) is 53.1 Å². The Hall–Kier alpha value is -2.73. The van der Waals surface area contributed by atoms with E-state index in [9.17, 15) is 9.59 Å². The Labute approximate surface area is 163 Å². The van der Waals surface area contributed by atoms with Crippen molar-refractivity contribution in [3.8, 4) is 11.5 Å². The van der Waals surface area contributed by atoms with Gasteiger partial charge in [-0.1, -0.05) is 17.7 Å². The van der Waals surface area contributed by atoms with Gasteiger partial charge in [-0.05, 0) is 36.4 Å². The standard InChI is InChI=1S/C20H21ClN2O4/c1-26-16-4-3-5-17(27-2)19(16)20(25)22-11-13-10-18(24)23(12-13)15-8-6-14(21)7-9-15/h3-9,13H,10-12H2,1-2H3,(H,22,25). The maximum Gasteiger partial charge on any atom is 0.258 e. The fourth-order valence-electron chi connectivity index (χ4n) is 3.19. The van der Waals surface area contributed by atoms with Crippen molar-refractivity contribution in [2.75, 3.05) is 32.2 Å². The van der Waals surface area contributed by atoms with E-state index in [2.05, 4.69) is 5.32 Å². The zero-order chi connectivity index (χ0) is 19.4. The number of halogens is 1. The lowest BCUT2D eigenvalue weighted by atomic mass is 10.1. The maximum atomic E-state index is 12.6. The number of methoxy groups -OCH3 is 2. The fraction of sp³-hybridized carbons (Fsp3) is 0.300. The predicted octanol–water partition coefficient (Wildman–Crippen LogP) is 3.14. The Morgan fingerprint density at radius 1 is 1.15 bits per heavy atom. The number of benzene rings is 2. The van der Waals surface area contributed by atoms with Crippen LogP contribution in [0.15, 0.2) is 42.5 Å². The third-order valence-corrected chi connectivity index (χ3v) is 4.80. The van der Waals surface area contributed by atoms with E-state index in [1.165, 1.54) is 14.2 Å². The summed E-state index contributed by atoms with van der Waals surface area (Å²) in [4.78, 5) is 26.7. The minimum Gasteiger partial charge on any atom is -0.496 e. The van der Waals surface area contributed by atoms with Crippen LogP contribution in [0.5, 0.6) is 11.5 Å². The van der Waals surface area contributed by atoms with Gasteiger partial charge in [0.15, 0.2) is 0 Å². The van der Waals surface area contributed by atoms with Gasteiger partial charge in [-0.3, -0.25) is 9.59 Å². The molecule has 2 aromatic rings. The SMILES string of the molecule is COc1cccc(OC)c1C(=O)NCC1CC(=O)N(c2ccc(Cl)cc2)C1. The molecule has 1 aliphatic heterocycles. The molecule has 142 valence electrons. The van der Waals surface area contributed by atoms with Gasteiger partial charge in [0.25, 0.3) is 5.91 Å². The molecule has 7 heteroatoms. The molecule has 0 radical (unpaired) electrons. The minimum atomic E-state index is -0.290. The molecule has 0 spiro atoms. The minimum absolute atomic E-state index is 0.0258. The van der Waals surface area contributed by atoms with Gasteiger partial charge in [-0.2, -0.15) is 0 Å². The molecule has 1 heterocycles. The number of carbonyl (C=O) groups excluding carboxylic acids is 2. The van der Waals surface area contributed by atoms with Crippen LogP contribution >= 0.6 is 11.6 Å². The lowest BCUT2D eigenvalue weighted by Crippen LogP contribution is -2.31. The molecule has 27 heavy (non-hydrogen) atoms. The Kier molecular flexibility index (Phi) is 5.86. The van der Waals surface area contributed by atoms with Gasteiger partial charge in [0.1, 0.15) is 17.1 Å². The van der Waals surface area contributed by atoms with E-state index in [4.69, 9.17) is 21.1 Å². The number of anilines is 1. The van der Waals surface area contributed by atoms with Crippen molar-refractivity contribution in [3.63, 3.8) is 0 Å². The van der Waals surface area contributed by atoms with E-state index in [0.717, 1.165) is 5.69 Å². The van der Waals surface area contributed by atoms with Crippen LogP contribution in [0.2, 0.25) is 5.02 Å². The maximum absolute atomic E-state index is 12.6. The Bertz CT molecular complexity index is 816. The van der Waals surface area contributed by atoms with Crippen molar-refractivity contribution in [1.29, 1.82) is 0 Å². The summed E-state index contributed by atoms with van der Waals surface area (Å²) in [7, 11) is 3.01. The van der Waals surface area contributed by atoms with Gasteiger partial charge >= 0.3 is 0 Å². The number of hydrogen-bond donors (Lipinski definition) is 1. The van der Waals surface area contributed by atoms with Crippen LogP contribution < -0.4 is 19.7 Å². The summed E-state index contributed by atoms with van der Waals surface area (Å²) >= 11 is 5.90. The fourth-order valence-corrected chi connectivity index (χ4v) is 3.32. The number of nitrogens with zero attached hydrogens (tertiary/aromatic N) is 1. The number of nitrogens with one attached hydrogen (secondary N) is 1. The summed E-state index contributed by atoms with van der Waals surface area (Å²) in [6, 6.07) is 12.3. The number of carbonyl (C=O) groups is 2. The highest BCUT2D eigenvalue weighted by Gasteiger charge is 2.31. The summed E-state index contributed by atoms with van der Waals surface area (Å²) in [5, 5.41) is 3.52. The molecule has 1 aliphatic rings. The average molecular weight is 389 g/mol. The molecular formula is C20H21ClN2O4. The summed E-state index contributed by atoms with van der Waals surface area (Å²) in [6.45, 7) is 0.930. The Morgan fingerprint density at radius 2 is 1.78 bits per heavy atom. The van der Waals surface area contributed by atoms with Crippen molar-refractivity contribution >= 4 is 29.1 Å². The molecule has 2 amide bonds. The van der Waals surface area contributed by atoms with Crippen LogP contribution in [0.4, 0.5) is 5.69 Å². The van der Waals surface area contributed by atoms with Crippen LogP contribution in [0.1, 0.15) is 16.8 Å². The summed E-state index contributed by atoms with van der Waals surface area (Å²) in [5.74, 6) is 0.653. The molecule has 0 aliphatic carbocycles. The summed E-state index contributed by atoms with van der Waals surface area (Å²) < 4.78 is 10.5. The van der Waals surface area contributed by atoms with Crippen LogP contribution in [-0.2, 0) is 4.79 Å². The van der Waals surface area contributed by atoms with Crippen molar-refractivity contribution < 1.29 is 19.1 Å². The molecule has 2 aromatic carbocycles. The van der Waals surface area contributed by atoms with E-state index in [-0.39, 0.29) is 17.7 Å². The van der Waals surface area contributed by atoms with Crippen molar-refractivity contribution in [1.82, 2.24) is 5.32 Å². The average Bonchev–Trinajstić information content (AvgIpc) is 3.06. The molecule has 1 unspecified atom stereocenters. The van der Waals surface area contributed by atoms with Crippen molar-refractivity contribution in [2.45, 2.75) is 6.42 Å². The van der Waals surface area contributed by atoms with Gasteiger partial charge in [0.05, 0.1) is 14.2 Å². The first-order chi connectivity index (χ1) is 13.0. The topological polar surface area (TPSA) is 67.9 Å². The molecule has 0 saturated carbocycles. The van der Waals surface area contributed by atoms with Crippen LogP contribution in [0.25, 0.3) is 0 Å². The van der Waals surface area contributed by atoms with E-state index >= 15 is 0 Å². The zero-order valence-corrected chi connectivity index (χ0v) is 16.0. The van der Waals surface area contributed by atoms with Crippen LogP contribution in [0, 0.1) is 5.92 Å². The van der Waals surface area contributed by atoms with Crippen LogP contribution in [0.3, 0.4) is 0 Å². The molecular weight excluding hydrogens is 368 g/mol. The van der Waals surface area contributed by atoms with Gasteiger partial charge in [-0.25, -0.2) is 0 Å². The number of hydrogen-bond acceptors (Lipinski definition) is 4. The van der Waals surface area contributed by atoms with E-state index < -0.39 is 0 Å². The predicted molar refractivity (Wildman–Crippen MR) is 104 cm³/mol. The lowest BCUT2D eigenvalue weighted by molar-refractivity contribution is -0.117. The second-order valence-electron chi connectivity index (χ2n) is 6.30. The molecule has 0 bridgehead atoms. The van der Waals surface area contributed by atoms with Gasteiger partial charge in [-0.15, -0.1) is 0 Å². The second kappa shape index (κ2) is 8.31. The normalized spacial score (nSPS) is 16.3. The molecule has 3 rings (SSSR count). The smallest absolute Gasteiger partial charge is 0.258 e. The zero-order valence-electron chi connectivity index (χ0n) is 15.2. The second-order valence-corrected chi connectivity index (χ2v) is 6.73. The third kappa shape index (κ3) is 4.17. The van der Waals surface area contributed by atoms with Gasteiger partial charge in [0.2, 0.25) is 5.91 Å². The van der Waals surface area contributed by atoms with Gasteiger partial charge < -0.3 is 19.7 Å². The molecule has 1 N–H and O–H groups in total. The number of ether oxygens (including phenoxy) is 2. The van der Waals surface area contributed by atoms with Crippen LogP contribution in [-0.4, -0.2) is 39.1 Å². The Balaban J connectivity index is 1.65. The monoisotopic (exact) mass is 388 g/mol. The Morgan fingerprint density at radius 3 is 2.37 bits per heavy atom. The lowest BCUT2D eigenvalue weighted by Gasteiger charge is -2.17. The first-order valence-corrected chi connectivity index (χ1v) is 8.96. The number of amides is 2. The third-order valence-electron chi connectivity index (χ3n) is 4.55. The first kappa shape index (κ1) is 19.0. The largest absolute Gasteiger partial charge is 0.496 e. The molecule has 1 fully saturated rings. The summed E-state index contributed by atoms with van der Waals surface area (Å²) in [5.41, 5.74) is 1.16. The highest BCUT2D eigenvalue weighted by molar-refractivity contribution is 6.30. The van der Waals surface area contributed by atoms with Gasteiger partial charge in [0, 0.05) is 36.1 Å². The molecule has 1 atom stereocenters. The van der Waals surface area contributed by atoms with E-state index in [1.54, 1.807) is 35.2 Å². The molecule has 0 aromatic heterocycles. The number of rotatable bonds is 6.